The Hall–Kier alpha value is -1.41. The number of amides is 1. The van der Waals surface area contributed by atoms with Crippen molar-refractivity contribution in [3.8, 4) is 0 Å². The Kier molecular flexibility index (Phi) is 6.17. The molecule has 6 nitrogen and oxygen atoms in total. The number of likely N-dealkylation sites (N-methyl/N-ethyl adjacent to an activating group) is 1. The van der Waals surface area contributed by atoms with Crippen LogP contribution in [0.5, 0.6) is 0 Å². The highest BCUT2D eigenvalue weighted by atomic mass is 35.5. The molecular formula is C14H17Cl2N5OS. The molecule has 0 unspecified atom stereocenters. The molecule has 1 fully saturated rings. The summed E-state index contributed by atoms with van der Waals surface area (Å²) >= 11 is 16.9. The predicted octanol–water partition coefficient (Wildman–Crippen LogP) is 1.82. The number of carbonyl (C=O) groups is 1. The number of thiocarbonyl (C=S) groups is 1. The Morgan fingerprint density at radius 1 is 1.30 bits per heavy atom. The van der Waals surface area contributed by atoms with Gasteiger partial charge in [0.25, 0.3) is 5.91 Å². The van der Waals surface area contributed by atoms with Gasteiger partial charge in [0.15, 0.2) is 5.71 Å². The monoisotopic (exact) mass is 373 g/mol. The van der Waals surface area contributed by atoms with E-state index in [-0.39, 0.29) is 16.6 Å². The molecule has 0 atom stereocenters. The van der Waals surface area contributed by atoms with E-state index in [0.29, 0.717) is 28.8 Å². The van der Waals surface area contributed by atoms with Gasteiger partial charge in [0.1, 0.15) is 4.99 Å². The zero-order chi connectivity index (χ0) is 17.0. The molecule has 1 aromatic carbocycles. The highest BCUT2D eigenvalue weighted by Crippen LogP contribution is 2.25. The van der Waals surface area contributed by atoms with E-state index in [1.807, 2.05) is 7.05 Å². The number of carbonyl (C=O) groups excluding carboxylic acids is 1. The molecule has 0 spiro atoms. The van der Waals surface area contributed by atoms with Crippen molar-refractivity contribution in [3.05, 3.63) is 28.2 Å². The first-order valence-electron chi connectivity index (χ1n) is 6.95. The molecule has 1 heterocycles. The molecule has 1 saturated heterocycles. The fraction of sp³-hybridized carbons (Fsp3) is 0.357. The van der Waals surface area contributed by atoms with Crippen molar-refractivity contribution in [3.63, 3.8) is 0 Å². The number of nitrogens with two attached hydrogens (primary N) is 1. The normalized spacial score (nSPS) is 16.3. The maximum absolute atomic E-state index is 12.5. The Balaban J connectivity index is 2.15. The molecule has 1 amide bonds. The van der Waals surface area contributed by atoms with Crippen LogP contribution in [0, 0.1) is 0 Å². The number of piperazine rings is 1. The fourth-order valence-electron chi connectivity index (χ4n) is 2.07. The second-order valence-corrected chi connectivity index (χ2v) is 6.44. The van der Waals surface area contributed by atoms with Crippen molar-refractivity contribution in [1.29, 1.82) is 0 Å². The first-order valence-corrected chi connectivity index (χ1v) is 8.11. The van der Waals surface area contributed by atoms with Crippen LogP contribution in [0.25, 0.3) is 0 Å². The van der Waals surface area contributed by atoms with Crippen LogP contribution in [0.15, 0.2) is 23.3 Å². The number of rotatable bonds is 4. The molecule has 0 aliphatic carbocycles. The molecule has 0 bridgehead atoms. The van der Waals surface area contributed by atoms with Crippen LogP contribution in [0.4, 0.5) is 5.69 Å². The summed E-state index contributed by atoms with van der Waals surface area (Å²) in [6.45, 7) is 2.80. The summed E-state index contributed by atoms with van der Waals surface area (Å²) in [5, 5.41) is 4.96. The fourth-order valence-corrected chi connectivity index (χ4v) is 2.53. The van der Waals surface area contributed by atoms with Gasteiger partial charge in [0.2, 0.25) is 0 Å². The summed E-state index contributed by atoms with van der Waals surface area (Å²) in [6.07, 6.45) is 0. The summed E-state index contributed by atoms with van der Waals surface area (Å²) in [7, 11) is 2.01. The zero-order valence-corrected chi connectivity index (χ0v) is 14.9. The van der Waals surface area contributed by atoms with E-state index in [1.165, 1.54) is 0 Å². The summed E-state index contributed by atoms with van der Waals surface area (Å²) < 4.78 is 0. The van der Waals surface area contributed by atoms with Crippen molar-refractivity contribution in [1.82, 2.24) is 9.80 Å². The quantitative estimate of drug-likeness (QED) is 0.478. The number of hydrazone groups is 1. The van der Waals surface area contributed by atoms with Gasteiger partial charge < -0.3 is 15.5 Å². The third-order valence-corrected chi connectivity index (χ3v) is 4.20. The van der Waals surface area contributed by atoms with Crippen LogP contribution in [0.1, 0.15) is 0 Å². The summed E-state index contributed by atoms with van der Waals surface area (Å²) in [6, 6.07) is 4.89. The Labute approximate surface area is 150 Å². The van der Waals surface area contributed by atoms with Crippen molar-refractivity contribution >= 4 is 57.7 Å². The third kappa shape index (κ3) is 4.78. The Bertz CT molecular complexity index is 644. The van der Waals surface area contributed by atoms with Crippen LogP contribution in [0.2, 0.25) is 10.0 Å². The summed E-state index contributed by atoms with van der Waals surface area (Å²) in [5.74, 6) is -0.295. The van der Waals surface area contributed by atoms with Crippen molar-refractivity contribution in [2.24, 2.45) is 10.8 Å². The molecule has 9 heteroatoms. The van der Waals surface area contributed by atoms with Crippen LogP contribution < -0.4 is 11.2 Å². The molecular weight excluding hydrogens is 357 g/mol. The number of nitrogens with zero attached hydrogens (tertiary/aromatic N) is 3. The predicted molar refractivity (Wildman–Crippen MR) is 98.4 cm³/mol. The van der Waals surface area contributed by atoms with Gasteiger partial charge in [-0.1, -0.05) is 35.4 Å². The molecule has 2 rings (SSSR count). The number of nitrogens with one attached hydrogen (secondary N) is 1. The highest BCUT2D eigenvalue weighted by molar-refractivity contribution is 7.82. The van der Waals surface area contributed by atoms with Gasteiger partial charge in [0, 0.05) is 31.2 Å². The molecule has 1 aliphatic heterocycles. The number of benzene rings is 1. The minimum atomic E-state index is -0.295. The lowest BCUT2D eigenvalue weighted by Crippen LogP contribution is -2.51. The number of anilines is 1. The van der Waals surface area contributed by atoms with Crippen LogP contribution in [0.3, 0.4) is 0 Å². The molecule has 1 aromatic rings. The van der Waals surface area contributed by atoms with E-state index in [9.17, 15) is 4.79 Å². The lowest BCUT2D eigenvalue weighted by atomic mass is 10.2. The van der Waals surface area contributed by atoms with E-state index >= 15 is 0 Å². The van der Waals surface area contributed by atoms with Crippen LogP contribution in [-0.2, 0) is 4.79 Å². The smallest absolute Gasteiger partial charge is 0.277 e. The number of hydrogen-bond acceptors (Lipinski definition) is 5. The van der Waals surface area contributed by atoms with Gasteiger partial charge in [0.05, 0.1) is 10.7 Å². The van der Waals surface area contributed by atoms with E-state index < -0.39 is 0 Å². The van der Waals surface area contributed by atoms with Gasteiger partial charge in [-0.15, -0.1) is 0 Å². The lowest BCUT2D eigenvalue weighted by Gasteiger charge is -2.32. The molecule has 0 saturated carbocycles. The van der Waals surface area contributed by atoms with Gasteiger partial charge in [-0.05, 0) is 25.2 Å². The lowest BCUT2D eigenvalue weighted by molar-refractivity contribution is -0.125. The molecule has 0 radical (unpaired) electrons. The molecule has 0 aromatic heterocycles. The first-order chi connectivity index (χ1) is 10.9. The van der Waals surface area contributed by atoms with E-state index in [4.69, 9.17) is 41.2 Å². The molecule has 3 N–H and O–H groups in total. The largest absolute Gasteiger partial charge is 0.388 e. The average molecular weight is 374 g/mol. The minimum Gasteiger partial charge on any atom is -0.388 e. The summed E-state index contributed by atoms with van der Waals surface area (Å²) in [5.41, 5.74) is 8.83. The van der Waals surface area contributed by atoms with Gasteiger partial charge in [-0.25, -0.2) is 0 Å². The van der Waals surface area contributed by atoms with E-state index in [0.717, 1.165) is 13.1 Å². The topological polar surface area (TPSA) is 74.0 Å². The van der Waals surface area contributed by atoms with Crippen molar-refractivity contribution < 1.29 is 4.79 Å². The maximum atomic E-state index is 12.5. The zero-order valence-electron chi connectivity index (χ0n) is 12.6. The number of halogens is 2. The Morgan fingerprint density at radius 3 is 2.57 bits per heavy atom. The molecule has 23 heavy (non-hydrogen) atoms. The SMILES string of the molecule is CN1CCN(C(=O)/C(=N\Nc2cc(Cl)ccc2Cl)C(N)=S)CC1. The third-order valence-electron chi connectivity index (χ3n) is 3.44. The van der Waals surface area contributed by atoms with Gasteiger partial charge in [-0.2, -0.15) is 5.10 Å². The van der Waals surface area contributed by atoms with Gasteiger partial charge >= 0.3 is 0 Å². The molecule has 124 valence electrons. The van der Waals surface area contributed by atoms with E-state index in [1.54, 1.807) is 23.1 Å². The second kappa shape index (κ2) is 7.92. The maximum Gasteiger partial charge on any atom is 0.277 e. The second-order valence-electron chi connectivity index (χ2n) is 5.16. The number of hydrogen-bond donors (Lipinski definition) is 2. The van der Waals surface area contributed by atoms with Crippen molar-refractivity contribution in [2.75, 3.05) is 38.7 Å². The van der Waals surface area contributed by atoms with Crippen LogP contribution in [-0.4, -0.2) is 59.6 Å². The van der Waals surface area contributed by atoms with Gasteiger partial charge in [-0.3, -0.25) is 10.2 Å². The minimum absolute atomic E-state index is 0.000551. The molecule has 1 aliphatic rings. The highest BCUT2D eigenvalue weighted by Gasteiger charge is 2.25. The first kappa shape index (κ1) is 17.9. The Morgan fingerprint density at radius 2 is 1.96 bits per heavy atom. The van der Waals surface area contributed by atoms with Crippen LogP contribution >= 0.6 is 35.4 Å². The standard InChI is InChI=1S/C14H17Cl2N5OS/c1-20-4-6-21(7-5-20)14(22)12(13(17)23)19-18-11-8-9(15)2-3-10(11)16/h2-3,8,18H,4-7H2,1H3,(H2,17,23)/b19-12-. The summed E-state index contributed by atoms with van der Waals surface area (Å²) in [4.78, 5) is 16.3. The van der Waals surface area contributed by atoms with Crippen molar-refractivity contribution in [2.45, 2.75) is 0 Å². The van der Waals surface area contributed by atoms with E-state index in [2.05, 4.69) is 15.4 Å². The average Bonchev–Trinajstić information content (AvgIpc) is 2.51.